The van der Waals surface area contributed by atoms with Gasteiger partial charge in [-0.05, 0) is 44.0 Å². The highest BCUT2D eigenvalue weighted by Crippen LogP contribution is 2.25. The molecule has 0 unspecified atom stereocenters. The second kappa shape index (κ2) is 8.36. The normalized spacial score (nSPS) is 11.5. The number of fused-ring (bicyclic) bond motifs is 1. The number of anilines is 1. The van der Waals surface area contributed by atoms with E-state index in [9.17, 15) is 14.4 Å². The van der Waals surface area contributed by atoms with Gasteiger partial charge in [-0.2, -0.15) is 5.10 Å². The standard InChI is InChI=1S/C20H21N5O3S/c1-10-12(3)29-20-18(10)19(28)22-16(23-20)9-17(27)25-24-11(2)14-6-5-7-15(8-14)21-13(4)26/h5-8H,9H2,1-4H3,(H,21,26)(H,25,27)(H,22,23,28)/b24-11+. The number of aryl methyl sites for hydroxylation is 2. The van der Waals surface area contributed by atoms with Gasteiger partial charge in [-0.15, -0.1) is 11.3 Å². The zero-order chi connectivity index (χ0) is 21.1. The van der Waals surface area contributed by atoms with Crippen molar-refractivity contribution in [2.45, 2.75) is 34.1 Å². The Balaban J connectivity index is 1.72. The van der Waals surface area contributed by atoms with Crippen molar-refractivity contribution >= 4 is 44.8 Å². The van der Waals surface area contributed by atoms with Crippen LogP contribution < -0.4 is 16.3 Å². The molecule has 0 bridgehead atoms. The molecule has 0 aliphatic rings. The fourth-order valence-electron chi connectivity index (χ4n) is 2.81. The highest BCUT2D eigenvalue weighted by molar-refractivity contribution is 7.18. The molecule has 2 amide bonds. The summed E-state index contributed by atoms with van der Waals surface area (Å²) in [5, 5.41) is 7.38. The van der Waals surface area contributed by atoms with E-state index in [1.165, 1.54) is 18.3 Å². The van der Waals surface area contributed by atoms with Gasteiger partial charge >= 0.3 is 0 Å². The van der Waals surface area contributed by atoms with Crippen molar-refractivity contribution in [3.63, 3.8) is 0 Å². The largest absolute Gasteiger partial charge is 0.326 e. The van der Waals surface area contributed by atoms with Crippen molar-refractivity contribution in [2.75, 3.05) is 5.32 Å². The Morgan fingerprint density at radius 1 is 1.24 bits per heavy atom. The van der Waals surface area contributed by atoms with Crippen LogP contribution in [-0.4, -0.2) is 27.5 Å². The molecule has 29 heavy (non-hydrogen) atoms. The highest BCUT2D eigenvalue weighted by Gasteiger charge is 2.13. The average molecular weight is 411 g/mol. The predicted molar refractivity (Wildman–Crippen MR) is 115 cm³/mol. The molecule has 3 N–H and O–H groups in total. The van der Waals surface area contributed by atoms with Crippen molar-refractivity contribution in [2.24, 2.45) is 5.10 Å². The molecule has 0 aliphatic heterocycles. The van der Waals surface area contributed by atoms with Crippen molar-refractivity contribution in [3.8, 4) is 0 Å². The van der Waals surface area contributed by atoms with Gasteiger partial charge < -0.3 is 10.3 Å². The molecule has 0 saturated carbocycles. The third kappa shape index (κ3) is 4.75. The molecule has 150 valence electrons. The lowest BCUT2D eigenvalue weighted by Crippen LogP contribution is -2.24. The van der Waals surface area contributed by atoms with Crippen LogP contribution >= 0.6 is 11.3 Å². The van der Waals surface area contributed by atoms with Crippen LogP contribution in [0.15, 0.2) is 34.2 Å². The number of nitrogens with zero attached hydrogens (tertiary/aromatic N) is 2. The molecule has 0 radical (unpaired) electrons. The van der Waals surface area contributed by atoms with Crippen LogP contribution in [0.1, 0.15) is 35.7 Å². The Bertz CT molecular complexity index is 1190. The lowest BCUT2D eigenvalue weighted by Gasteiger charge is -2.06. The molecule has 0 saturated heterocycles. The summed E-state index contributed by atoms with van der Waals surface area (Å²) in [5.41, 5.74) is 5.13. The number of H-pyrrole nitrogens is 1. The smallest absolute Gasteiger partial charge is 0.259 e. The third-order valence-corrected chi connectivity index (χ3v) is 5.47. The minimum Gasteiger partial charge on any atom is -0.326 e. The number of nitrogens with one attached hydrogen (secondary N) is 3. The maximum Gasteiger partial charge on any atom is 0.259 e. The summed E-state index contributed by atoms with van der Waals surface area (Å²) in [6.07, 6.45) is -0.0934. The van der Waals surface area contributed by atoms with Crippen molar-refractivity contribution < 1.29 is 9.59 Å². The molecule has 0 fully saturated rings. The number of rotatable bonds is 5. The maximum absolute atomic E-state index is 12.3. The van der Waals surface area contributed by atoms with E-state index in [1.807, 2.05) is 19.9 Å². The minimum atomic E-state index is -0.394. The van der Waals surface area contributed by atoms with Gasteiger partial charge in [0, 0.05) is 17.5 Å². The average Bonchev–Trinajstić information content (AvgIpc) is 2.93. The second-order valence-electron chi connectivity index (χ2n) is 6.65. The summed E-state index contributed by atoms with van der Waals surface area (Å²) >= 11 is 1.43. The zero-order valence-electron chi connectivity index (χ0n) is 16.5. The van der Waals surface area contributed by atoms with Gasteiger partial charge in [-0.3, -0.25) is 14.4 Å². The SMILES string of the molecule is CC(=O)Nc1cccc(/C(C)=N/NC(=O)Cc2nc3sc(C)c(C)c3c(=O)[nH]2)c1. The summed E-state index contributed by atoms with van der Waals surface area (Å²) in [7, 11) is 0. The van der Waals surface area contributed by atoms with Crippen molar-refractivity contribution in [3.05, 3.63) is 56.4 Å². The molecule has 0 spiro atoms. The number of carbonyl (C=O) groups excluding carboxylic acids is 2. The van der Waals surface area contributed by atoms with Crippen LogP contribution in [0, 0.1) is 13.8 Å². The first-order valence-corrected chi connectivity index (χ1v) is 9.76. The number of benzene rings is 1. The maximum atomic E-state index is 12.3. The summed E-state index contributed by atoms with van der Waals surface area (Å²) < 4.78 is 0. The van der Waals surface area contributed by atoms with Gasteiger partial charge in [0.25, 0.3) is 5.56 Å². The molecule has 3 rings (SSSR count). The van der Waals surface area contributed by atoms with Gasteiger partial charge in [0.1, 0.15) is 10.7 Å². The number of hydrogen-bond donors (Lipinski definition) is 3. The lowest BCUT2D eigenvalue weighted by molar-refractivity contribution is -0.120. The molecular weight excluding hydrogens is 390 g/mol. The third-order valence-electron chi connectivity index (χ3n) is 4.37. The van der Waals surface area contributed by atoms with E-state index in [0.29, 0.717) is 27.4 Å². The summed E-state index contributed by atoms with van der Waals surface area (Å²) in [6, 6.07) is 7.14. The van der Waals surface area contributed by atoms with Crippen molar-refractivity contribution in [1.82, 2.24) is 15.4 Å². The van der Waals surface area contributed by atoms with E-state index < -0.39 is 5.91 Å². The number of hydrazone groups is 1. The first kappa shape index (κ1) is 20.4. The Hall–Kier alpha value is -3.33. The Kier molecular flexibility index (Phi) is 5.88. The van der Waals surface area contributed by atoms with Gasteiger partial charge in [-0.1, -0.05) is 12.1 Å². The van der Waals surface area contributed by atoms with Crippen molar-refractivity contribution in [1.29, 1.82) is 0 Å². The molecule has 1 aromatic carbocycles. The van der Waals surface area contributed by atoms with Gasteiger partial charge in [-0.25, -0.2) is 10.4 Å². The quantitative estimate of drug-likeness (QED) is 0.442. The van der Waals surface area contributed by atoms with Gasteiger partial charge in [0.2, 0.25) is 11.8 Å². The number of hydrogen-bond acceptors (Lipinski definition) is 6. The lowest BCUT2D eigenvalue weighted by atomic mass is 10.1. The molecule has 3 aromatic rings. The van der Waals surface area contributed by atoms with E-state index >= 15 is 0 Å². The van der Waals surface area contributed by atoms with E-state index in [2.05, 4.69) is 25.8 Å². The van der Waals surface area contributed by atoms with Crippen LogP contribution in [0.4, 0.5) is 5.69 Å². The molecule has 2 aromatic heterocycles. The van der Waals surface area contributed by atoms with Gasteiger partial charge in [0.15, 0.2) is 0 Å². The molecular formula is C20H21N5O3S. The molecule has 0 aliphatic carbocycles. The molecule has 8 nitrogen and oxygen atoms in total. The fourth-order valence-corrected chi connectivity index (χ4v) is 3.86. The Morgan fingerprint density at radius 3 is 2.72 bits per heavy atom. The molecule has 0 atom stereocenters. The summed E-state index contributed by atoms with van der Waals surface area (Å²) in [6.45, 7) is 7.00. The minimum absolute atomic E-state index is 0.0934. The van der Waals surface area contributed by atoms with Crippen LogP contribution in [0.2, 0.25) is 0 Å². The Labute approximate surface area is 171 Å². The first-order chi connectivity index (χ1) is 13.7. The molecule has 9 heteroatoms. The predicted octanol–water partition coefficient (Wildman–Crippen LogP) is 2.64. The van der Waals surface area contributed by atoms with Crippen LogP contribution in [-0.2, 0) is 16.0 Å². The molecule has 2 heterocycles. The Morgan fingerprint density at radius 2 is 2.00 bits per heavy atom. The second-order valence-corrected chi connectivity index (χ2v) is 7.85. The number of aromatic amines is 1. The zero-order valence-corrected chi connectivity index (χ0v) is 17.4. The number of amides is 2. The van der Waals surface area contributed by atoms with Crippen LogP contribution in [0.5, 0.6) is 0 Å². The topological polar surface area (TPSA) is 116 Å². The number of carbonyl (C=O) groups is 2. The summed E-state index contributed by atoms with van der Waals surface area (Å²) in [4.78, 5) is 44.4. The van der Waals surface area contributed by atoms with E-state index in [4.69, 9.17) is 0 Å². The first-order valence-electron chi connectivity index (χ1n) is 8.94. The monoisotopic (exact) mass is 411 g/mol. The van der Waals surface area contributed by atoms with E-state index in [1.54, 1.807) is 25.1 Å². The highest BCUT2D eigenvalue weighted by atomic mass is 32.1. The number of thiophene rings is 1. The van der Waals surface area contributed by atoms with E-state index in [0.717, 1.165) is 16.0 Å². The van der Waals surface area contributed by atoms with E-state index in [-0.39, 0.29) is 17.9 Å². The van der Waals surface area contributed by atoms with Gasteiger partial charge in [0.05, 0.1) is 17.5 Å². The van der Waals surface area contributed by atoms with Crippen LogP contribution in [0.3, 0.4) is 0 Å². The van der Waals surface area contributed by atoms with Crippen LogP contribution in [0.25, 0.3) is 10.2 Å². The fraction of sp³-hybridized carbons (Fsp3) is 0.250. The number of aromatic nitrogens is 2. The summed E-state index contributed by atoms with van der Waals surface area (Å²) in [5.74, 6) is -0.267.